The third kappa shape index (κ3) is 3.72. The molecule has 2 rings (SSSR count). The minimum atomic E-state index is -0.586. The van der Waals surface area contributed by atoms with E-state index in [0.29, 0.717) is 18.9 Å². The maximum absolute atomic E-state index is 12.4. The summed E-state index contributed by atoms with van der Waals surface area (Å²) >= 11 is 0. The molecule has 1 aliphatic heterocycles. The summed E-state index contributed by atoms with van der Waals surface area (Å²) in [5, 5.41) is 7.89. The lowest BCUT2D eigenvalue weighted by atomic mass is 9.94. The highest BCUT2D eigenvalue weighted by Crippen LogP contribution is 2.20. The topological polar surface area (TPSA) is 92.4 Å². The van der Waals surface area contributed by atoms with Crippen LogP contribution < -0.4 is 10.6 Å². The summed E-state index contributed by atoms with van der Waals surface area (Å²) in [6.45, 7) is 8.73. The van der Waals surface area contributed by atoms with Gasteiger partial charge in [0.15, 0.2) is 11.5 Å². The third-order valence-corrected chi connectivity index (χ3v) is 3.65. The van der Waals surface area contributed by atoms with E-state index in [1.165, 1.54) is 0 Å². The van der Waals surface area contributed by atoms with Gasteiger partial charge in [-0.25, -0.2) is 0 Å². The van der Waals surface area contributed by atoms with Crippen LogP contribution in [0.25, 0.3) is 0 Å². The van der Waals surface area contributed by atoms with E-state index in [4.69, 9.17) is 5.73 Å². The molecular formula is C15H23N5O2. The van der Waals surface area contributed by atoms with Crippen LogP contribution in [0.1, 0.15) is 37.7 Å². The van der Waals surface area contributed by atoms with Crippen LogP contribution in [-0.2, 0) is 4.79 Å². The summed E-state index contributed by atoms with van der Waals surface area (Å²) in [6.07, 6.45) is 0.876. The van der Waals surface area contributed by atoms with Gasteiger partial charge >= 0.3 is 0 Å². The average Bonchev–Trinajstić information content (AvgIpc) is 2.71. The van der Waals surface area contributed by atoms with E-state index in [9.17, 15) is 9.59 Å². The molecule has 0 atom stereocenters. The van der Waals surface area contributed by atoms with E-state index in [2.05, 4.69) is 15.1 Å². The quantitative estimate of drug-likeness (QED) is 0.866. The molecule has 0 bridgehead atoms. The Morgan fingerprint density at radius 2 is 1.82 bits per heavy atom. The van der Waals surface area contributed by atoms with E-state index in [0.717, 1.165) is 19.5 Å². The molecule has 1 saturated heterocycles. The molecule has 7 heteroatoms. The molecule has 0 aromatic carbocycles. The van der Waals surface area contributed by atoms with Crippen molar-refractivity contribution < 1.29 is 9.59 Å². The standard InChI is InChI=1S/C15H23N5O2/c1-15(2,3)14(22)20-8-4-7-19(9-10-20)12-6-5-11(13(16)21)17-18-12/h5-6H,4,7-10H2,1-3H3,(H2,16,21). The number of amides is 2. The van der Waals surface area contributed by atoms with Gasteiger partial charge in [0.25, 0.3) is 5.91 Å². The lowest BCUT2D eigenvalue weighted by molar-refractivity contribution is -0.139. The monoisotopic (exact) mass is 305 g/mol. The molecule has 2 N–H and O–H groups in total. The maximum atomic E-state index is 12.4. The summed E-state index contributed by atoms with van der Waals surface area (Å²) in [6, 6.07) is 3.32. The van der Waals surface area contributed by atoms with Gasteiger partial charge < -0.3 is 15.5 Å². The maximum Gasteiger partial charge on any atom is 0.269 e. The van der Waals surface area contributed by atoms with Crippen LogP contribution in [0.3, 0.4) is 0 Å². The molecule has 0 spiro atoms. The van der Waals surface area contributed by atoms with Gasteiger partial charge in [-0.05, 0) is 18.6 Å². The molecule has 0 aliphatic carbocycles. The number of primary amides is 1. The number of rotatable bonds is 2. The molecule has 1 fully saturated rings. The van der Waals surface area contributed by atoms with Gasteiger partial charge in [-0.3, -0.25) is 9.59 Å². The minimum absolute atomic E-state index is 0.156. The van der Waals surface area contributed by atoms with E-state index in [1.807, 2.05) is 25.7 Å². The number of aromatic nitrogens is 2. The smallest absolute Gasteiger partial charge is 0.269 e. The van der Waals surface area contributed by atoms with Gasteiger partial charge in [0.2, 0.25) is 5.91 Å². The summed E-state index contributed by atoms with van der Waals surface area (Å²) in [4.78, 5) is 27.4. The second-order valence-electron chi connectivity index (χ2n) is 6.52. The largest absolute Gasteiger partial charge is 0.364 e. The third-order valence-electron chi connectivity index (χ3n) is 3.65. The zero-order valence-electron chi connectivity index (χ0n) is 13.4. The van der Waals surface area contributed by atoms with Crippen LogP contribution in [0.4, 0.5) is 5.82 Å². The molecule has 7 nitrogen and oxygen atoms in total. The Bertz CT molecular complexity index is 550. The Morgan fingerprint density at radius 1 is 1.09 bits per heavy atom. The van der Waals surface area contributed by atoms with E-state index < -0.39 is 5.91 Å². The van der Waals surface area contributed by atoms with Gasteiger partial charge in [-0.1, -0.05) is 20.8 Å². The Morgan fingerprint density at radius 3 is 2.36 bits per heavy atom. The minimum Gasteiger partial charge on any atom is -0.364 e. The first-order chi connectivity index (χ1) is 10.3. The fraction of sp³-hybridized carbons (Fsp3) is 0.600. The predicted molar refractivity (Wildman–Crippen MR) is 83.4 cm³/mol. The lowest BCUT2D eigenvalue weighted by Crippen LogP contribution is -2.41. The van der Waals surface area contributed by atoms with Crippen LogP contribution in [0.15, 0.2) is 12.1 Å². The van der Waals surface area contributed by atoms with Crippen molar-refractivity contribution in [3.8, 4) is 0 Å². The Balaban J connectivity index is 2.04. The fourth-order valence-corrected chi connectivity index (χ4v) is 2.45. The first kappa shape index (κ1) is 16.2. The summed E-state index contributed by atoms with van der Waals surface area (Å²) in [7, 11) is 0. The molecule has 2 amide bonds. The molecule has 0 saturated carbocycles. The second kappa shape index (κ2) is 6.29. The first-order valence-corrected chi connectivity index (χ1v) is 7.47. The molecule has 1 aromatic heterocycles. The van der Waals surface area contributed by atoms with E-state index in [-0.39, 0.29) is 17.0 Å². The number of hydrogen-bond donors (Lipinski definition) is 1. The zero-order chi connectivity index (χ0) is 16.3. The molecule has 120 valence electrons. The summed E-state index contributed by atoms with van der Waals surface area (Å²) in [5.74, 6) is 0.288. The predicted octanol–water partition coefficient (Wildman–Crippen LogP) is 0.660. The Labute approximate surface area is 130 Å². The van der Waals surface area contributed by atoms with E-state index in [1.54, 1.807) is 12.1 Å². The van der Waals surface area contributed by atoms with Crippen molar-refractivity contribution in [2.24, 2.45) is 11.1 Å². The highest BCUT2D eigenvalue weighted by atomic mass is 16.2. The molecule has 2 heterocycles. The van der Waals surface area contributed by atoms with Crippen molar-refractivity contribution >= 4 is 17.6 Å². The van der Waals surface area contributed by atoms with Crippen molar-refractivity contribution in [2.75, 3.05) is 31.1 Å². The van der Waals surface area contributed by atoms with Gasteiger partial charge in [-0.2, -0.15) is 0 Å². The summed E-state index contributed by atoms with van der Waals surface area (Å²) in [5.41, 5.74) is 4.95. The lowest BCUT2D eigenvalue weighted by Gasteiger charge is -2.28. The highest BCUT2D eigenvalue weighted by Gasteiger charge is 2.28. The Hall–Kier alpha value is -2.18. The van der Waals surface area contributed by atoms with Gasteiger partial charge in [0, 0.05) is 31.6 Å². The molecular weight excluding hydrogens is 282 g/mol. The zero-order valence-corrected chi connectivity index (χ0v) is 13.4. The van der Waals surface area contributed by atoms with Crippen molar-refractivity contribution in [2.45, 2.75) is 27.2 Å². The van der Waals surface area contributed by atoms with Crippen LogP contribution in [-0.4, -0.2) is 53.1 Å². The SMILES string of the molecule is CC(C)(C)C(=O)N1CCCN(c2ccc(C(N)=O)nn2)CC1. The van der Waals surface area contributed by atoms with Crippen LogP contribution in [0, 0.1) is 5.41 Å². The molecule has 1 aromatic rings. The number of carbonyl (C=O) groups is 2. The number of hydrogen-bond acceptors (Lipinski definition) is 5. The van der Waals surface area contributed by atoms with Crippen LogP contribution >= 0.6 is 0 Å². The van der Waals surface area contributed by atoms with Gasteiger partial charge in [0.1, 0.15) is 0 Å². The van der Waals surface area contributed by atoms with Gasteiger partial charge in [0.05, 0.1) is 0 Å². The normalized spacial score (nSPS) is 16.3. The van der Waals surface area contributed by atoms with Crippen molar-refractivity contribution in [3.63, 3.8) is 0 Å². The molecule has 1 aliphatic rings. The number of nitrogens with zero attached hydrogens (tertiary/aromatic N) is 4. The average molecular weight is 305 g/mol. The van der Waals surface area contributed by atoms with Crippen LogP contribution in [0.5, 0.6) is 0 Å². The second-order valence-corrected chi connectivity index (χ2v) is 6.52. The number of carbonyl (C=O) groups excluding carboxylic acids is 2. The van der Waals surface area contributed by atoms with Crippen molar-refractivity contribution in [3.05, 3.63) is 17.8 Å². The number of anilines is 1. The van der Waals surface area contributed by atoms with Crippen molar-refractivity contribution in [1.29, 1.82) is 0 Å². The van der Waals surface area contributed by atoms with Crippen molar-refractivity contribution in [1.82, 2.24) is 15.1 Å². The van der Waals surface area contributed by atoms with E-state index >= 15 is 0 Å². The molecule has 22 heavy (non-hydrogen) atoms. The highest BCUT2D eigenvalue weighted by molar-refractivity contribution is 5.90. The fourth-order valence-electron chi connectivity index (χ4n) is 2.45. The van der Waals surface area contributed by atoms with Gasteiger partial charge in [-0.15, -0.1) is 10.2 Å². The molecule has 0 radical (unpaired) electrons. The summed E-state index contributed by atoms with van der Waals surface area (Å²) < 4.78 is 0. The first-order valence-electron chi connectivity index (χ1n) is 7.47. The van der Waals surface area contributed by atoms with Crippen LogP contribution in [0.2, 0.25) is 0 Å². The molecule has 0 unspecified atom stereocenters. The Kier molecular flexibility index (Phi) is 4.63. The number of nitrogens with two attached hydrogens (primary N) is 1.